The van der Waals surface area contributed by atoms with E-state index in [9.17, 15) is 14.7 Å². The Bertz CT molecular complexity index is 1200. The number of amides is 1. The van der Waals surface area contributed by atoms with Crippen LogP contribution in [0.1, 0.15) is 34.5 Å². The predicted octanol–water partition coefficient (Wildman–Crippen LogP) is 4.74. The van der Waals surface area contributed by atoms with Gasteiger partial charge in [-0.15, -0.1) is 11.3 Å². The first-order chi connectivity index (χ1) is 15.5. The van der Waals surface area contributed by atoms with Gasteiger partial charge in [-0.05, 0) is 54.1 Å². The zero-order chi connectivity index (χ0) is 22.2. The highest BCUT2D eigenvalue weighted by atomic mass is 32.1. The maximum absolute atomic E-state index is 13.1. The fourth-order valence-electron chi connectivity index (χ4n) is 4.47. The molecular weight excluding hydrogens is 422 g/mol. The number of ketones is 1. The summed E-state index contributed by atoms with van der Waals surface area (Å²) in [5.74, 6) is -0.545. The van der Waals surface area contributed by atoms with Crippen LogP contribution in [0.2, 0.25) is 0 Å². The highest BCUT2D eigenvalue weighted by Gasteiger charge is 2.46. The Labute approximate surface area is 190 Å². The molecule has 2 atom stereocenters. The standard InChI is InChI=1S/C26H23NO4S/c1-16-14-19-15-18(9-10-20(19)31-16)24(28)22-23(21-8-5-13-32-21)27(26(30)25(22)29)12-11-17-6-3-2-4-7-17/h2-10,13,15-16,23,28H,11-12,14H2,1H3/b24-22-. The summed E-state index contributed by atoms with van der Waals surface area (Å²) in [5.41, 5.74) is 2.76. The van der Waals surface area contributed by atoms with E-state index in [1.165, 1.54) is 11.3 Å². The number of aliphatic hydroxyl groups excluding tert-OH is 1. The van der Waals surface area contributed by atoms with E-state index in [-0.39, 0.29) is 17.4 Å². The smallest absolute Gasteiger partial charge is 0.295 e. The minimum absolute atomic E-state index is 0.0806. The molecule has 32 heavy (non-hydrogen) atoms. The SMILES string of the molecule is CC1Cc2cc(/C(O)=C3/C(=O)C(=O)N(CCc4ccccc4)C3c3cccs3)ccc2O1. The summed E-state index contributed by atoms with van der Waals surface area (Å²) in [6.07, 6.45) is 1.46. The third-order valence-electron chi connectivity index (χ3n) is 6.01. The predicted molar refractivity (Wildman–Crippen MR) is 124 cm³/mol. The Balaban J connectivity index is 1.54. The van der Waals surface area contributed by atoms with E-state index in [0.29, 0.717) is 18.5 Å². The van der Waals surface area contributed by atoms with Crippen LogP contribution >= 0.6 is 11.3 Å². The van der Waals surface area contributed by atoms with Gasteiger partial charge < -0.3 is 14.7 Å². The third-order valence-corrected chi connectivity index (χ3v) is 6.93. The van der Waals surface area contributed by atoms with Gasteiger partial charge >= 0.3 is 0 Å². The Morgan fingerprint density at radius 2 is 1.94 bits per heavy atom. The van der Waals surface area contributed by atoms with Crippen LogP contribution in [0.4, 0.5) is 0 Å². The zero-order valence-corrected chi connectivity index (χ0v) is 18.5. The molecule has 0 bridgehead atoms. The van der Waals surface area contributed by atoms with Gasteiger partial charge in [0.25, 0.3) is 11.7 Å². The van der Waals surface area contributed by atoms with E-state index in [2.05, 4.69) is 0 Å². The number of benzene rings is 2. The number of carbonyl (C=O) groups excluding carboxylic acids is 2. The van der Waals surface area contributed by atoms with Crippen LogP contribution in [0.3, 0.4) is 0 Å². The summed E-state index contributed by atoms with van der Waals surface area (Å²) in [6, 6.07) is 18.5. The first-order valence-electron chi connectivity index (χ1n) is 10.7. The Hall–Kier alpha value is -3.38. The molecule has 3 aromatic rings. The summed E-state index contributed by atoms with van der Waals surface area (Å²) in [7, 11) is 0. The first kappa shape index (κ1) is 20.5. The number of ether oxygens (including phenoxy) is 1. The second-order valence-electron chi connectivity index (χ2n) is 8.20. The second kappa shape index (κ2) is 8.28. The van der Waals surface area contributed by atoms with E-state index < -0.39 is 17.7 Å². The van der Waals surface area contributed by atoms with Crippen LogP contribution in [0.5, 0.6) is 5.75 Å². The van der Waals surface area contributed by atoms with Crippen molar-refractivity contribution in [2.75, 3.05) is 6.54 Å². The molecule has 0 aliphatic carbocycles. The molecule has 0 saturated carbocycles. The number of fused-ring (bicyclic) bond motifs is 1. The number of nitrogens with zero attached hydrogens (tertiary/aromatic N) is 1. The van der Waals surface area contributed by atoms with Crippen molar-refractivity contribution in [3.05, 3.63) is 93.2 Å². The molecule has 0 radical (unpaired) electrons. The van der Waals surface area contributed by atoms with Gasteiger partial charge in [-0.3, -0.25) is 9.59 Å². The molecule has 1 aromatic heterocycles. The molecule has 1 saturated heterocycles. The number of likely N-dealkylation sites (tertiary alicyclic amines) is 1. The average molecular weight is 446 g/mol. The van der Waals surface area contributed by atoms with Crippen LogP contribution in [-0.4, -0.2) is 34.3 Å². The van der Waals surface area contributed by atoms with Crippen molar-refractivity contribution in [1.29, 1.82) is 0 Å². The monoisotopic (exact) mass is 445 g/mol. The normalized spacial score (nSPS) is 21.6. The van der Waals surface area contributed by atoms with Gasteiger partial charge in [0.1, 0.15) is 17.6 Å². The number of carbonyl (C=O) groups is 2. The Kier molecular flexibility index (Phi) is 5.31. The lowest BCUT2D eigenvalue weighted by Gasteiger charge is -2.24. The number of Topliss-reactive ketones (excluding diaryl/α,β-unsaturated/α-hetero) is 1. The lowest BCUT2D eigenvalue weighted by Crippen LogP contribution is -2.31. The van der Waals surface area contributed by atoms with Crippen LogP contribution in [0.25, 0.3) is 5.76 Å². The largest absolute Gasteiger partial charge is 0.507 e. The zero-order valence-electron chi connectivity index (χ0n) is 17.7. The summed E-state index contributed by atoms with van der Waals surface area (Å²) < 4.78 is 5.75. The minimum atomic E-state index is -0.640. The molecule has 2 aromatic carbocycles. The molecule has 5 rings (SSSR count). The molecular formula is C26H23NO4S. The lowest BCUT2D eigenvalue weighted by atomic mass is 9.98. The van der Waals surface area contributed by atoms with Gasteiger partial charge in [-0.2, -0.15) is 0 Å². The maximum atomic E-state index is 13.1. The fraction of sp³-hybridized carbons (Fsp3) is 0.231. The number of thiophene rings is 1. The summed E-state index contributed by atoms with van der Waals surface area (Å²) in [4.78, 5) is 28.6. The molecule has 1 amide bonds. The molecule has 0 spiro atoms. The lowest BCUT2D eigenvalue weighted by molar-refractivity contribution is -0.139. The highest BCUT2D eigenvalue weighted by molar-refractivity contribution is 7.10. The quantitative estimate of drug-likeness (QED) is 0.350. The van der Waals surface area contributed by atoms with Gasteiger partial charge in [0.2, 0.25) is 0 Å². The molecule has 1 fully saturated rings. The van der Waals surface area contributed by atoms with Gasteiger partial charge in [0.15, 0.2) is 0 Å². The van der Waals surface area contributed by atoms with Crippen LogP contribution < -0.4 is 4.74 Å². The number of rotatable bonds is 5. The molecule has 1 N–H and O–H groups in total. The molecule has 162 valence electrons. The van der Waals surface area contributed by atoms with Crippen LogP contribution in [0.15, 0.2) is 71.6 Å². The number of hydrogen-bond donors (Lipinski definition) is 1. The van der Waals surface area contributed by atoms with Crippen molar-refractivity contribution >= 4 is 28.8 Å². The van der Waals surface area contributed by atoms with Gasteiger partial charge in [0, 0.05) is 23.4 Å². The van der Waals surface area contributed by atoms with E-state index in [1.54, 1.807) is 11.0 Å². The van der Waals surface area contributed by atoms with E-state index >= 15 is 0 Å². The van der Waals surface area contributed by atoms with Crippen molar-refractivity contribution in [2.45, 2.75) is 31.9 Å². The molecule has 3 heterocycles. The molecule has 5 nitrogen and oxygen atoms in total. The fourth-order valence-corrected chi connectivity index (χ4v) is 5.32. The van der Waals surface area contributed by atoms with E-state index in [0.717, 1.165) is 28.2 Å². The van der Waals surface area contributed by atoms with Crippen LogP contribution in [0, 0.1) is 0 Å². The van der Waals surface area contributed by atoms with Gasteiger partial charge in [-0.1, -0.05) is 36.4 Å². The average Bonchev–Trinajstić information content (AvgIpc) is 3.51. The van der Waals surface area contributed by atoms with E-state index in [4.69, 9.17) is 4.74 Å². The molecule has 2 unspecified atom stereocenters. The number of hydrogen-bond acceptors (Lipinski definition) is 5. The van der Waals surface area contributed by atoms with Gasteiger partial charge in [-0.25, -0.2) is 0 Å². The summed E-state index contributed by atoms with van der Waals surface area (Å²) in [6.45, 7) is 2.39. The first-order valence-corrected chi connectivity index (χ1v) is 11.6. The van der Waals surface area contributed by atoms with Crippen molar-refractivity contribution in [2.24, 2.45) is 0 Å². The highest BCUT2D eigenvalue weighted by Crippen LogP contribution is 2.42. The summed E-state index contributed by atoms with van der Waals surface area (Å²) in [5, 5.41) is 13.1. The topological polar surface area (TPSA) is 66.8 Å². The Morgan fingerprint density at radius 1 is 1.12 bits per heavy atom. The van der Waals surface area contributed by atoms with E-state index in [1.807, 2.05) is 66.9 Å². The molecule has 2 aliphatic rings. The van der Waals surface area contributed by atoms with Crippen LogP contribution in [-0.2, 0) is 22.4 Å². The number of aliphatic hydroxyl groups is 1. The maximum Gasteiger partial charge on any atom is 0.295 e. The van der Waals surface area contributed by atoms with Crippen molar-refractivity contribution < 1.29 is 19.4 Å². The molecule has 6 heteroatoms. The van der Waals surface area contributed by atoms with Gasteiger partial charge in [0.05, 0.1) is 11.6 Å². The minimum Gasteiger partial charge on any atom is -0.507 e. The third kappa shape index (κ3) is 3.60. The van der Waals surface area contributed by atoms with Crippen molar-refractivity contribution in [3.8, 4) is 5.75 Å². The summed E-state index contributed by atoms with van der Waals surface area (Å²) >= 11 is 1.48. The Morgan fingerprint density at radius 3 is 2.69 bits per heavy atom. The molecule has 2 aliphatic heterocycles. The second-order valence-corrected chi connectivity index (χ2v) is 9.18. The van der Waals surface area contributed by atoms with Crippen molar-refractivity contribution in [1.82, 2.24) is 4.90 Å². The van der Waals surface area contributed by atoms with Crippen molar-refractivity contribution in [3.63, 3.8) is 0 Å².